The zero-order chi connectivity index (χ0) is 22.0. The van der Waals surface area contributed by atoms with Crippen LogP contribution < -0.4 is 9.62 Å². The molecule has 0 bridgehead atoms. The Kier molecular flexibility index (Phi) is 5.71. The van der Waals surface area contributed by atoms with Crippen molar-refractivity contribution in [3.8, 4) is 0 Å². The van der Waals surface area contributed by atoms with E-state index in [0.717, 1.165) is 28.4 Å². The third-order valence-corrected chi connectivity index (χ3v) is 6.16. The van der Waals surface area contributed by atoms with E-state index < -0.39 is 15.9 Å². The van der Waals surface area contributed by atoms with Crippen LogP contribution in [0.25, 0.3) is 10.9 Å². The summed E-state index contributed by atoms with van der Waals surface area (Å²) in [6.45, 7) is 2.28. The number of nitrogens with zero attached hydrogens (tertiary/aromatic N) is 3. The van der Waals surface area contributed by atoms with Crippen LogP contribution >= 0.6 is 11.3 Å². The zero-order valence-electron chi connectivity index (χ0n) is 16.9. The van der Waals surface area contributed by atoms with Gasteiger partial charge in [-0.3, -0.25) is 9.78 Å². The molecule has 2 heterocycles. The maximum absolute atomic E-state index is 12.4. The van der Waals surface area contributed by atoms with Gasteiger partial charge >= 0.3 is 0 Å². The lowest BCUT2D eigenvalue weighted by Crippen LogP contribution is -2.30. The number of sulfonamides is 1. The van der Waals surface area contributed by atoms with Crippen LogP contribution in [0, 0.1) is 6.92 Å². The highest BCUT2D eigenvalue weighted by Gasteiger charge is 2.23. The topological polar surface area (TPSA) is 92.3 Å². The molecule has 0 radical (unpaired) electrons. The van der Waals surface area contributed by atoms with Gasteiger partial charge in [-0.2, -0.15) is 0 Å². The summed E-state index contributed by atoms with van der Waals surface area (Å²) in [4.78, 5) is 24.1. The van der Waals surface area contributed by atoms with Gasteiger partial charge < -0.3 is 4.90 Å². The third-order valence-electron chi connectivity index (χ3n) is 4.61. The molecule has 0 saturated heterocycles. The first-order valence-electron chi connectivity index (χ1n) is 9.46. The van der Waals surface area contributed by atoms with Crippen molar-refractivity contribution in [1.82, 2.24) is 14.7 Å². The summed E-state index contributed by atoms with van der Waals surface area (Å²) in [5.74, 6) is -0.734. The monoisotopic (exact) mass is 452 g/mol. The number of carbonyl (C=O) groups is 1. The predicted molar refractivity (Wildman–Crippen MR) is 123 cm³/mol. The van der Waals surface area contributed by atoms with Crippen LogP contribution in [0.1, 0.15) is 20.9 Å². The number of thiazole rings is 1. The van der Waals surface area contributed by atoms with Crippen molar-refractivity contribution in [2.45, 2.75) is 13.5 Å². The third kappa shape index (κ3) is 4.73. The first-order valence-corrected chi connectivity index (χ1v) is 12.2. The summed E-state index contributed by atoms with van der Waals surface area (Å²) in [7, 11) is -3.69. The second-order valence-corrected chi connectivity index (χ2v) is 9.95. The highest BCUT2D eigenvalue weighted by molar-refractivity contribution is 7.89. The van der Waals surface area contributed by atoms with Crippen LogP contribution in [0.5, 0.6) is 0 Å². The Morgan fingerprint density at radius 1 is 1.06 bits per heavy atom. The van der Waals surface area contributed by atoms with Gasteiger partial charge in [0.2, 0.25) is 10.0 Å². The van der Waals surface area contributed by atoms with Crippen LogP contribution in [0.15, 0.2) is 66.9 Å². The highest BCUT2D eigenvalue weighted by atomic mass is 32.2. The number of fused-ring (bicyclic) bond motifs is 1. The van der Waals surface area contributed by atoms with E-state index in [4.69, 9.17) is 0 Å². The van der Waals surface area contributed by atoms with Crippen LogP contribution in [-0.4, -0.2) is 30.5 Å². The summed E-state index contributed by atoms with van der Waals surface area (Å²) in [6.07, 6.45) is 2.69. The quantitative estimate of drug-likeness (QED) is 0.475. The Balaban J connectivity index is 1.82. The van der Waals surface area contributed by atoms with Gasteiger partial charge in [0.25, 0.3) is 5.91 Å². The molecule has 1 amide bonds. The molecule has 7 nitrogen and oxygen atoms in total. The van der Waals surface area contributed by atoms with Gasteiger partial charge in [0.15, 0.2) is 5.13 Å². The number of amides is 1. The van der Waals surface area contributed by atoms with E-state index >= 15 is 0 Å². The number of pyridine rings is 1. The minimum Gasteiger partial charge on any atom is -0.313 e. The molecule has 31 heavy (non-hydrogen) atoms. The van der Waals surface area contributed by atoms with Crippen molar-refractivity contribution in [2.24, 2.45) is 0 Å². The molecule has 9 heteroatoms. The van der Waals surface area contributed by atoms with Crippen molar-refractivity contribution >= 4 is 49.0 Å². The minimum absolute atomic E-state index is 0.0989. The molecule has 0 fully saturated rings. The molecule has 1 N–H and O–H groups in total. The van der Waals surface area contributed by atoms with Gasteiger partial charge in [0, 0.05) is 16.5 Å². The highest BCUT2D eigenvalue weighted by Crippen LogP contribution is 2.36. The molecule has 0 aliphatic carbocycles. The second-order valence-electron chi connectivity index (χ2n) is 7.02. The summed E-state index contributed by atoms with van der Waals surface area (Å²) in [5.41, 5.74) is 2.92. The van der Waals surface area contributed by atoms with Crippen molar-refractivity contribution in [1.29, 1.82) is 0 Å². The van der Waals surface area contributed by atoms with Crippen molar-refractivity contribution < 1.29 is 13.2 Å². The Morgan fingerprint density at radius 2 is 1.77 bits per heavy atom. The van der Waals surface area contributed by atoms with Gasteiger partial charge in [0.05, 0.1) is 24.0 Å². The zero-order valence-corrected chi connectivity index (χ0v) is 18.6. The number of aryl methyl sites for hydroxylation is 1. The first kappa shape index (κ1) is 21.0. The van der Waals surface area contributed by atoms with Crippen molar-refractivity contribution in [3.63, 3.8) is 0 Å². The van der Waals surface area contributed by atoms with Gasteiger partial charge in [-0.05, 0) is 24.6 Å². The SMILES string of the molecule is Cc1sc(N(Cc2ccccc2)c2ccnc3ccccc23)nc1C(=O)NS(C)(=O)=O. The van der Waals surface area contributed by atoms with Crippen LogP contribution in [0.2, 0.25) is 0 Å². The van der Waals surface area contributed by atoms with Gasteiger partial charge in [-0.1, -0.05) is 48.5 Å². The van der Waals surface area contributed by atoms with E-state index in [2.05, 4.69) is 9.97 Å². The molecule has 2 aromatic heterocycles. The Bertz CT molecular complexity index is 1350. The molecule has 0 spiro atoms. The summed E-state index contributed by atoms with van der Waals surface area (Å²) < 4.78 is 25.0. The maximum Gasteiger partial charge on any atom is 0.284 e. The number of benzene rings is 2. The van der Waals surface area contributed by atoms with E-state index in [-0.39, 0.29) is 5.69 Å². The average Bonchev–Trinajstić information content (AvgIpc) is 3.13. The Morgan fingerprint density at radius 3 is 2.52 bits per heavy atom. The van der Waals surface area contributed by atoms with Crippen LogP contribution in [0.3, 0.4) is 0 Å². The number of hydrogen-bond donors (Lipinski definition) is 1. The fourth-order valence-corrected chi connectivity index (χ4v) is 4.62. The summed E-state index contributed by atoms with van der Waals surface area (Å²) in [5, 5.41) is 1.55. The number of anilines is 2. The lowest BCUT2D eigenvalue weighted by molar-refractivity contribution is 0.0977. The molecular weight excluding hydrogens is 432 g/mol. The molecular formula is C22H20N4O3S2. The smallest absolute Gasteiger partial charge is 0.284 e. The average molecular weight is 453 g/mol. The van der Waals surface area contributed by atoms with E-state index in [1.165, 1.54) is 11.3 Å². The molecule has 2 aromatic carbocycles. The fraction of sp³-hybridized carbons (Fsp3) is 0.136. The summed E-state index contributed by atoms with van der Waals surface area (Å²) >= 11 is 1.34. The second kappa shape index (κ2) is 8.44. The number of aromatic nitrogens is 2. The number of carbonyl (C=O) groups excluding carboxylic acids is 1. The lowest BCUT2D eigenvalue weighted by Gasteiger charge is -2.23. The lowest BCUT2D eigenvalue weighted by atomic mass is 10.1. The molecule has 4 aromatic rings. The number of rotatable bonds is 6. The van der Waals surface area contributed by atoms with E-state index in [9.17, 15) is 13.2 Å². The molecule has 0 aliphatic heterocycles. The minimum atomic E-state index is -3.69. The molecule has 158 valence electrons. The van der Waals surface area contributed by atoms with Gasteiger partial charge in [-0.15, -0.1) is 11.3 Å². The van der Waals surface area contributed by atoms with Crippen LogP contribution in [0.4, 0.5) is 10.8 Å². The number of nitrogens with one attached hydrogen (secondary N) is 1. The van der Waals surface area contributed by atoms with Crippen molar-refractivity contribution in [3.05, 3.63) is 83.0 Å². The van der Waals surface area contributed by atoms with Crippen LogP contribution in [-0.2, 0) is 16.6 Å². The number of para-hydroxylation sites is 1. The van der Waals surface area contributed by atoms with Crippen molar-refractivity contribution in [2.75, 3.05) is 11.2 Å². The Hall–Kier alpha value is -3.30. The molecule has 0 atom stereocenters. The van der Waals surface area contributed by atoms with E-state index in [1.54, 1.807) is 13.1 Å². The largest absolute Gasteiger partial charge is 0.313 e. The first-order chi connectivity index (χ1) is 14.8. The number of hydrogen-bond acceptors (Lipinski definition) is 7. The molecule has 4 rings (SSSR count). The standard InChI is InChI=1S/C22H20N4O3S2/c1-15-20(21(27)25-31(2,28)29)24-22(30-15)26(14-16-8-4-3-5-9-16)19-12-13-23-18-11-7-6-10-17(18)19/h3-13H,14H2,1-2H3,(H,25,27). The molecule has 0 unspecified atom stereocenters. The van der Waals surface area contributed by atoms with E-state index in [0.29, 0.717) is 16.6 Å². The molecule has 0 saturated carbocycles. The van der Waals surface area contributed by atoms with E-state index in [1.807, 2.05) is 70.3 Å². The predicted octanol–water partition coefficient (Wildman–Crippen LogP) is 4.03. The van der Waals surface area contributed by atoms with Gasteiger partial charge in [0.1, 0.15) is 5.69 Å². The fourth-order valence-electron chi connectivity index (χ4n) is 3.26. The Labute approximate surface area is 184 Å². The maximum atomic E-state index is 12.4. The molecule has 0 aliphatic rings. The summed E-state index contributed by atoms with van der Waals surface area (Å²) in [6, 6.07) is 19.7. The normalized spacial score (nSPS) is 11.4. The van der Waals surface area contributed by atoms with Gasteiger partial charge in [-0.25, -0.2) is 18.1 Å².